The summed E-state index contributed by atoms with van der Waals surface area (Å²) in [4.78, 5) is 3.94. The van der Waals surface area contributed by atoms with Crippen molar-refractivity contribution in [3.05, 3.63) is 30.1 Å². The van der Waals surface area contributed by atoms with Gasteiger partial charge in [-0.15, -0.1) is 0 Å². The minimum atomic E-state index is -2.53. The molecule has 1 N–H and O–H groups in total. The lowest BCUT2D eigenvalue weighted by molar-refractivity contribution is -0.0647. The van der Waals surface area contributed by atoms with Crippen LogP contribution in [-0.2, 0) is 0 Å². The summed E-state index contributed by atoms with van der Waals surface area (Å²) in [5.41, 5.74) is 1.01. The highest BCUT2D eigenvalue weighted by Gasteiger charge is 2.38. The first kappa shape index (κ1) is 13.4. The minimum absolute atomic E-state index is 0.0206. The van der Waals surface area contributed by atoms with E-state index in [1.54, 1.807) is 12.4 Å². The Balaban J connectivity index is 1.98. The topological polar surface area (TPSA) is 33.1 Å². The highest BCUT2D eigenvalue weighted by Crippen LogP contribution is 2.40. The molecule has 0 amide bonds. The van der Waals surface area contributed by atoms with Gasteiger partial charge in [0, 0.05) is 31.2 Å². The average molecular weight is 255 g/mol. The van der Waals surface area contributed by atoms with Gasteiger partial charge in [0.15, 0.2) is 0 Å². The number of pyridine rings is 1. The lowest BCUT2D eigenvalue weighted by Crippen LogP contribution is -2.33. The van der Waals surface area contributed by atoms with E-state index < -0.39 is 12.0 Å². The van der Waals surface area contributed by atoms with Crippen LogP contribution in [-0.4, -0.2) is 22.1 Å². The first-order chi connectivity index (χ1) is 8.49. The molecular weight excluding hydrogens is 236 g/mol. The predicted octanol–water partition coefficient (Wildman–Crippen LogP) is 3.37. The SMILES string of the molecule is CC(c1ccncc1)C(O)C1CCC(F)(F)CC1. The van der Waals surface area contributed by atoms with Gasteiger partial charge in [0.1, 0.15) is 0 Å². The van der Waals surface area contributed by atoms with Crippen molar-refractivity contribution in [2.24, 2.45) is 5.92 Å². The molecule has 1 aliphatic rings. The second-order valence-corrected chi connectivity index (χ2v) is 5.25. The van der Waals surface area contributed by atoms with E-state index in [1.807, 2.05) is 19.1 Å². The van der Waals surface area contributed by atoms with Crippen molar-refractivity contribution in [2.75, 3.05) is 0 Å². The molecule has 2 nitrogen and oxygen atoms in total. The first-order valence-corrected chi connectivity index (χ1v) is 6.45. The summed E-state index contributed by atoms with van der Waals surface area (Å²) >= 11 is 0. The zero-order valence-electron chi connectivity index (χ0n) is 10.5. The molecule has 4 heteroatoms. The quantitative estimate of drug-likeness (QED) is 0.898. The van der Waals surface area contributed by atoms with Crippen LogP contribution in [0.2, 0.25) is 0 Å². The Morgan fingerprint density at radius 1 is 1.28 bits per heavy atom. The van der Waals surface area contributed by atoms with Crippen molar-refractivity contribution in [2.45, 2.75) is 50.6 Å². The molecule has 0 saturated heterocycles. The van der Waals surface area contributed by atoms with Gasteiger partial charge in [-0.3, -0.25) is 4.98 Å². The molecule has 2 atom stereocenters. The molecule has 0 bridgehead atoms. The van der Waals surface area contributed by atoms with E-state index in [2.05, 4.69) is 4.98 Å². The van der Waals surface area contributed by atoms with Gasteiger partial charge in [0.25, 0.3) is 0 Å². The van der Waals surface area contributed by atoms with E-state index in [-0.39, 0.29) is 24.7 Å². The van der Waals surface area contributed by atoms with Crippen molar-refractivity contribution in [1.82, 2.24) is 4.98 Å². The van der Waals surface area contributed by atoms with Gasteiger partial charge in [-0.25, -0.2) is 8.78 Å². The minimum Gasteiger partial charge on any atom is -0.392 e. The number of hydrogen-bond donors (Lipinski definition) is 1. The number of aliphatic hydroxyl groups excluding tert-OH is 1. The van der Waals surface area contributed by atoms with Gasteiger partial charge < -0.3 is 5.11 Å². The summed E-state index contributed by atoms with van der Waals surface area (Å²) in [5, 5.41) is 10.3. The van der Waals surface area contributed by atoms with E-state index in [4.69, 9.17) is 0 Å². The molecule has 2 unspecified atom stereocenters. The zero-order valence-corrected chi connectivity index (χ0v) is 10.5. The van der Waals surface area contributed by atoms with E-state index in [0.29, 0.717) is 12.8 Å². The number of rotatable bonds is 3. The summed E-state index contributed by atoms with van der Waals surface area (Å²) < 4.78 is 26.2. The first-order valence-electron chi connectivity index (χ1n) is 6.45. The summed E-state index contributed by atoms with van der Waals surface area (Å²) in [6, 6.07) is 3.73. The summed E-state index contributed by atoms with van der Waals surface area (Å²) in [7, 11) is 0. The van der Waals surface area contributed by atoms with E-state index in [1.165, 1.54) is 0 Å². The third kappa shape index (κ3) is 3.05. The maximum Gasteiger partial charge on any atom is 0.248 e. The maximum atomic E-state index is 13.1. The average Bonchev–Trinajstić information content (AvgIpc) is 2.38. The molecule has 100 valence electrons. The Labute approximate surface area is 106 Å². The summed E-state index contributed by atoms with van der Waals surface area (Å²) in [6.45, 7) is 1.94. The Morgan fingerprint density at radius 2 is 1.83 bits per heavy atom. The van der Waals surface area contributed by atoms with E-state index >= 15 is 0 Å². The van der Waals surface area contributed by atoms with Gasteiger partial charge in [0.2, 0.25) is 5.92 Å². The second kappa shape index (κ2) is 5.31. The van der Waals surface area contributed by atoms with Crippen LogP contribution in [0.4, 0.5) is 8.78 Å². The van der Waals surface area contributed by atoms with Crippen LogP contribution in [0, 0.1) is 5.92 Å². The monoisotopic (exact) mass is 255 g/mol. The molecule has 1 aromatic rings. The van der Waals surface area contributed by atoms with Crippen LogP contribution in [0.5, 0.6) is 0 Å². The smallest absolute Gasteiger partial charge is 0.248 e. The van der Waals surface area contributed by atoms with Crippen LogP contribution >= 0.6 is 0 Å². The molecule has 1 heterocycles. The number of alkyl halides is 2. The number of aromatic nitrogens is 1. The maximum absolute atomic E-state index is 13.1. The molecule has 0 spiro atoms. The number of halogens is 2. The molecule has 2 rings (SSSR count). The van der Waals surface area contributed by atoms with Gasteiger partial charge >= 0.3 is 0 Å². The van der Waals surface area contributed by atoms with Crippen LogP contribution < -0.4 is 0 Å². The third-order valence-corrected chi connectivity index (χ3v) is 3.99. The molecule has 1 saturated carbocycles. The number of hydrogen-bond acceptors (Lipinski definition) is 2. The van der Waals surface area contributed by atoms with Gasteiger partial charge in [-0.1, -0.05) is 6.92 Å². The highest BCUT2D eigenvalue weighted by atomic mass is 19.3. The van der Waals surface area contributed by atoms with Crippen molar-refractivity contribution in [1.29, 1.82) is 0 Å². The van der Waals surface area contributed by atoms with Crippen molar-refractivity contribution >= 4 is 0 Å². The lowest BCUT2D eigenvalue weighted by atomic mass is 9.78. The Bertz CT molecular complexity index is 373. The zero-order chi connectivity index (χ0) is 13.2. The molecular formula is C14H19F2NO. The molecule has 0 radical (unpaired) electrons. The predicted molar refractivity (Wildman–Crippen MR) is 65.6 cm³/mol. The molecule has 18 heavy (non-hydrogen) atoms. The van der Waals surface area contributed by atoms with Crippen LogP contribution in [0.3, 0.4) is 0 Å². The van der Waals surface area contributed by atoms with Gasteiger partial charge in [0.05, 0.1) is 6.10 Å². The van der Waals surface area contributed by atoms with Crippen molar-refractivity contribution in [3.63, 3.8) is 0 Å². The fourth-order valence-electron chi connectivity index (χ4n) is 2.68. The molecule has 1 aromatic heterocycles. The van der Waals surface area contributed by atoms with E-state index in [9.17, 15) is 13.9 Å². The van der Waals surface area contributed by atoms with Crippen molar-refractivity contribution in [3.8, 4) is 0 Å². The highest BCUT2D eigenvalue weighted by molar-refractivity contribution is 5.16. The Morgan fingerprint density at radius 3 is 2.39 bits per heavy atom. The molecule has 1 aliphatic carbocycles. The molecule has 1 fully saturated rings. The Hall–Kier alpha value is -1.03. The third-order valence-electron chi connectivity index (χ3n) is 3.99. The molecule has 0 aliphatic heterocycles. The fourth-order valence-corrected chi connectivity index (χ4v) is 2.68. The van der Waals surface area contributed by atoms with Gasteiger partial charge in [-0.05, 0) is 36.5 Å². The fraction of sp³-hybridized carbons (Fsp3) is 0.643. The largest absolute Gasteiger partial charge is 0.392 e. The lowest BCUT2D eigenvalue weighted by Gasteiger charge is -2.34. The van der Waals surface area contributed by atoms with Gasteiger partial charge in [-0.2, -0.15) is 0 Å². The summed E-state index contributed by atoms with van der Waals surface area (Å²) in [6.07, 6.45) is 3.44. The van der Waals surface area contributed by atoms with Crippen LogP contribution in [0.1, 0.15) is 44.1 Å². The number of aliphatic hydroxyl groups is 1. The number of nitrogens with zero attached hydrogens (tertiary/aromatic N) is 1. The van der Waals surface area contributed by atoms with E-state index in [0.717, 1.165) is 5.56 Å². The standard InChI is InChI=1S/C14H19F2NO/c1-10(11-4-8-17-9-5-11)13(18)12-2-6-14(15,16)7-3-12/h4-5,8-10,12-13,18H,2-3,6-7H2,1H3. The Kier molecular flexibility index (Phi) is 3.95. The normalized spacial score (nSPS) is 23.6. The van der Waals surface area contributed by atoms with Crippen LogP contribution in [0.25, 0.3) is 0 Å². The summed E-state index contributed by atoms with van der Waals surface area (Å²) in [5.74, 6) is -2.59. The van der Waals surface area contributed by atoms with Crippen molar-refractivity contribution < 1.29 is 13.9 Å². The second-order valence-electron chi connectivity index (χ2n) is 5.25. The van der Waals surface area contributed by atoms with Crippen LogP contribution in [0.15, 0.2) is 24.5 Å². The molecule has 0 aromatic carbocycles.